The molecule has 0 spiro atoms. The predicted octanol–water partition coefficient (Wildman–Crippen LogP) is 8.98. The van der Waals surface area contributed by atoms with Gasteiger partial charge in [0.25, 0.3) is 5.91 Å². The molecule has 8 heteroatoms. The Morgan fingerprint density at radius 3 is 2.51 bits per heavy atom. The highest BCUT2D eigenvalue weighted by molar-refractivity contribution is 9.10. The van der Waals surface area contributed by atoms with Gasteiger partial charge < -0.3 is 9.47 Å². The fourth-order valence-corrected chi connectivity index (χ4v) is 6.88. The van der Waals surface area contributed by atoms with Gasteiger partial charge in [0.05, 0.1) is 22.2 Å². The van der Waals surface area contributed by atoms with Crippen LogP contribution in [0.3, 0.4) is 0 Å². The van der Waals surface area contributed by atoms with E-state index in [-0.39, 0.29) is 11.9 Å². The molecule has 1 saturated carbocycles. The largest absolute Gasteiger partial charge is 0.493 e. The minimum atomic E-state index is 0.0130. The van der Waals surface area contributed by atoms with Crippen molar-refractivity contribution in [2.24, 2.45) is 10.9 Å². The molecule has 0 bridgehead atoms. The van der Waals surface area contributed by atoms with Crippen LogP contribution in [0, 0.1) is 5.92 Å². The second-order valence-electron chi connectivity index (χ2n) is 9.79. The molecule has 0 radical (unpaired) electrons. The average Bonchev–Trinajstić information content (AvgIpc) is 3.23. The molecule has 5 nitrogen and oxygen atoms in total. The summed E-state index contributed by atoms with van der Waals surface area (Å²) in [5.41, 5.74) is 2.75. The Labute approximate surface area is 250 Å². The highest BCUT2D eigenvalue weighted by Crippen LogP contribution is 2.42. The van der Waals surface area contributed by atoms with E-state index in [0.29, 0.717) is 28.9 Å². The molecule has 0 aromatic heterocycles. The first kappa shape index (κ1) is 28.0. The van der Waals surface area contributed by atoms with Gasteiger partial charge in [0.15, 0.2) is 16.7 Å². The minimum absolute atomic E-state index is 0.0130. The molecule has 3 aromatic rings. The van der Waals surface area contributed by atoms with Crippen LogP contribution >= 0.6 is 43.6 Å². The summed E-state index contributed by atoms with van der Waals surface area (Å²) in [6, 6.07) is 21.9. The number of para-hydroxylation sites is 1. The van der Waals surface area contributed by atoms with Gasteiger partial charge in [-0.05, 0) is 100 Å². The molecule has 1 aliphatic carbocycles. The number of hydrogen-bond acceptors (Lipinski definition) is 5. The summed E-state index contributed by atoms with van der Waals surface area (Å²) in [4.78, 5) is 21.3. The number of nitrogens with zero attached hydrogens (tertiary/aromatic N) is 2. The zero-order chi connectivity index (χ0) is 27.4. The lowest BCUT2D eigenvalue weighted by Crippen LogP contribution is -2.44. The van der Waals surface area contributed by atoms with Gasteiger partial charge in [0.1, 0.15) is 6.61 Å². The Bertz CT molecular complexity index is 1390. The number of rotatable bonds is 7. The van der Waals surface area contributed by atoms with Crippen LogP contribution in [-0.4, -0.2) is 29.1 Å². The molecule has 0 unspecified atom stereocenters. The Hall–Kier alpha value is -2.55. The predicted molar refractivity (Wildman–Crippen MR) is 167 cm³/mol. The molecule has 3 aromatic carbocycles. The van der Waals surface area contributed by atoms with Crippen molar-refractivity contribution in [1.82, 2.24) is 4.90 Å². The summed E-state index contributed by atoms with van der Waals surface area (Å²) in [6.45, 7) is 2.66. The first-order valence-corrected chi connectivity index (χ1v) is 15.4. The zero-order valence-electron chi connectivity index (χ0n) is 21.9. The normalized spacial score (nSPS) is 21.5. The Morgan fingerprint density at radius 2 is 1.79 bits per heavy atom. The smallest absolute Gasteiger partial charge is 0.267 e. The lowest BCUT2D eigenvalue weighted by Gasteiger charge is -2.35. The molecule has 0 N–H and O–H groups in total. The van der Waals surface area contributed by atoms with Crippen LogP contribution in [0.1, 0.15) is 43.7 Å². The van der Waals surface area contributed by atoms with Gasteiger partial charge in [-0.25, -0.2) is 4.99 Å². The Morgan fingerprint density at radius 1 is 1.05 bits per heavy atom. The molecule has 1 amide bonds. The maximum Gasteiger partial charge on any atom is 0.267 e. The number of methoxy groups -OCH3 is 1. The summed E-state index contributed by atoms with van der Waals surface area (Å²) in [6.07, 6.45) is 6.39. The fraction of sp³-hybridized carbons (Fsp3) is 0.290. The third-order valence-electron chi connectivity index (χ3n) is 7.06. The van der Waals surface area contributed by atoms with Crippen LogP contribution in [0.15, 0.2) is 85.6 Å². The van der Waals surface area contributed by atoms with Gasteiger partial charge >= 0.3 is 0 Å². The molecule has 2 aliphatic rings. The second kappa shape index (κ2) is 12.7. The van der Waals surface area contributed by atoms with E-state index in [1.807, 2.05) is 77.7 Å². The molecule has 202 valence electrons. The molecular formula is C31H30Br2N2O3S. The van der Waals surface area contributed by atoms with Crippen molar-refractivity contribution >= 4 is 66.5 Å². The van der Waals surface area contributed by atoms with E-state index in [0.717, 1.165) is 50.2 Å². The van der Waals surface area contributed by atoms with E-state index >= 15 is 0 Å². The number of aliphatic imine (C=N–C) groups is 1. The van der Waals surface area contributed by atoms with Crippen molar-refractivity contribution < 1.29 is 14.3 Å². The first-order valence-electron chi connectivity index (χ1n) is 13.0. The molecule has 2 atom stereocenters. The number of benzene rings is 3. The standard InChI is InChI=1S/C31H30Br2N2O3S/c1-20-8-6-7-11-26(20)35-30(36)28(39-31(35)34-24-9-4-3-5-10-24)18-22-16-25(33)29(27(17-22)37-2)38-19-21-12-14-23(32)15-13-21/h3-5,9-10,12-18,20,26H,6-8,11,19H2,1-2H3/b28-18-,34-31?/t20-,26-/m1/s1. The van der Waals surface area contributed by atoms with Gasteiger partial charge in [-0.1, -0.05) is 66.0 Å². The summed E-state index contributed by atoms with van der Waals surface area (Å²) >= 11 is 8.56. The number of thioether (sulfide) groups is 1. The number of halogens is 2. The van der Waals surface area contributed by atoms with Crippen molar-refractivity contribution in [3.63, 3.8) is 0 Å². The fourth-order valence-electron chi connectivity index (χ4n) is 5.00. The summed E-state index contributed by atoms with van der Waals surface area (Å²) in [5, 5.41) is 0.747. The number of amidine groups is 1. The molecule has 5 rings (SSSR count). The van der Waals surface area contributed by atoms with Gasteiger partial charge in [-0.3, -0.25) is 9.69 Å². The van der Waals surface area contributed by atoms with Gasteiger partial charge in [0.2, 0.25) is 0 Å². The molecule has 1 aliphatic heterocycles. The molecule has 1 saturated heterocycles. The number of amides is 1. The number of carbonyl (C=O) groups is 1. The Kier molecular flexibility index (Phi) is 9.15. The van der Waals surface area contributed by atoms with Crippen molar-refractivity contribution in [3.8, 4) is 11.5 Å². The summed E-state index contributed by atoms with van der Waals surface area (Å²) in [5.74, 6) is 1.66. The molecular weight excluding hydrogens is 640 g/mol. The highest BCUT2D eigenvalue weighted by atomic mass is 79.9. The van der Waals surface area contributed by atoms with Crippen molar-refractivity contribution in [2.75, 3.05) is 7.11 Å². The van der Waals surface area contributed by atoms with Crippen LogP contribution in [0.2, 0.25) is 0 Å². The third-order valence-corrected chi connectivity index (χ3v) is 9.16. The van der Waals surface area contributed by atoms with Crippen molar-refractivity contribution in [2.45, 2.75) is 45.3 Å². The molecule has 2 fully saturated rings. The summed E-state index contributed by atoms with van der Waals surface area (Å²) in [7, 11) is 1.62. The maximum atomic E-state index is 13.8. The summed E-state index contributed by atoms with van der Waals surface area (Å²) < 4.78 is 13.6. The second-order valence-corrected chi connectivity index (χ2v) is 12.6. The monoisotopic (exact) mass is 668 g/mol. The van der Waals surface area contributed by atoms with Gasteiger partial charge in [-0.2, -0.15) is 0 Å². The molecule has 1 heterocycles. The van der Waals surface area contributed by atoms with E-state index in [9.17, 15) is 4.79 Å². The number of ether oxygens (including phenoxy) is 2. The lowest BCUT2D eigenvalue weighted by molar-refractivity contribution is -0.124. The number of hydrogen-bond donors (Lipinski definition) is 0. The first-order chi connectivity index (χ1) is 18.9. The molecule has 39 heavy (non-hydrogen) atoms. The van der Waals surface area contributed by atoms with Gasteiger partial charge in [0, 0.05) is 10.5 Å². The van der Waals surface area contributed by atoms with Crippen molar-refractivity contribution in [1.29, 1.82) is 0 Å². The SMILES string of the molecule is COc1cc(/C=C2\SC(=Nc3ccccc3)N([C@@H]3CCCC[C@H]3C)C2=O)cc(Br)c1OCc1ccc(Br)cc1. The van der Waals surface area contributed by atoms with Crippen molar-refractivity contribution in [3.05, 3.63) is 91.7 Å². The van der Waals surface area contributed by atoms with Crippen LogP contribution < -0.4 is 9.47 Å². The van der Waals surface area contributed by atoms with E-state index in [2.05, 4.69) is 38.8 Å². The minimum Gasteiger partial charge on any atom is -0.493 e. The average molecular weight is 670 g/mol. The lowest BCUT2D eigenvalue weighted by atomic mass is 9.85. The maximum absolute atomic E-state index is 13.8. The van der Waals surface area contributed by atoms with E-state index in [1.165, 1.54) is 18.2 Å². The highest BCUT2D eigenvalue weighted by Gasteiger charge is 2.41. The Balaban J connectivity index is 1.44. The number of carbonyl (C=O) groups excluding carboxylic acids is 1. The van der Waals surface area contributed by atoms with Crippen LogP contribution in [-0.2, 0) is 11.4 Å². The third kappa shape index (κ3) is 6.61. The van der Waals surface area contributed by atoms with E-state index < -0.39 is 0 Å². The van der Waals surface area contributed by atoms with Crippen LogP contribution in [0.4, 0.5) is 5.69 Å². The quantitative estimate of drug-likeness (QED) is 0.236. The van der Waals surface area contributed by atoms with Crippen LogP contribution in [0.5, 0.6) is 11.5 Å². The van der Waals surface area contributed by atoms with Gasteiger partial charge in [-0.15, -0.1) is 0 Å². The van der Waals surface area contributed by atoms with E-state index in [1.54, 1.807) is 7.11 Å². The van der Waals surface area contributed by atoms with E-state index in [4.69, 9.17) is 14.5 Å². The van der Waals surface area contributed by atoms with Crippen LogP contribution in [0.25, 0.3) is 6.08 Å². The topological polar surface area (TPSA) is 51.1 Å². The zero-order valence-corrected chi connectivity index (χ0v) is 25.9.